The fourth-order valence-electron chi connectivity index (χ4n) is 3.10. The van der Waals surface area contributed by atoms with E-state index in [1.54, 1.807) is 7.11 Å². The van der Waals surface area contributed by atoms with Crippen LogP contribution in [0.4, 0.5) is 4.39 Å². The van der Waals surface area contributed by atoms with E-state index in [0.29, 0.717) is 25.1 Å². The number of nitrogens with zero attached hydrogens (tertiary/aromatic N) is 1. The number of aliphatic hydroxyl groups is 1. The van der Waals surface area contributed by atoms with E-state index in [1.807, 2.05) is 0 Å². The second kappa shape index (κ2) is 8.83. The van der Waals surface area contributed by atoms with Gasteiger partial charge in [-0.05, 0) is 31.6 Å². The number of alkyl halides is 1. The molecule has 3 nitrogen and oxygen atoms in total. The maximum atomic E-state index is 12.7. The molecule has 1 fully saturated rings. The molecule has 1 aliphatic rings. The number of halogens is 1. The van der Waals surface area contributed by atoms with Crippen molar-refractivity contribution in [2.75, 3.05) is 33.5 Å². The smallest absolute Gasteiger partial charge is 0.102 e. The lowest BCUT2D eigenvalue weighted by molar-refractivity contribution is 0.0110. The molecule has 0 amide bonds. The summed E-state index contributed by atoms with van der Waals surface area (Å²) < 4.78 is 17.8. The van der Waals surface area contributed by atoms with Crippen LogP contribution in [0.15, 0.2) is 0 Å². The van der Waals surface area contributed by atoms with Crippen molar-refractivity contribution < 1.29 is 14.2 Å². The van der Waals surface area contributed by atoms with Gasteiger partial charge in [-0.2, -0.15) is 0 Å². The van der Waals surface area contributed by atoms with Crippen molar-refractivity contribution in [2.24, 2.45) is 5.92 Å². The van der Waals surface area contributed by atoms with Crippen molar-refractivity contribution in [3.05, 3.63) is 0 Å². The van der Waals surface area contributed by atoms with Crippen LogP contribution in [0.3, 0.4) is 0 Å². The monoisotopic (exact) mass is 261 g/mol. The predicted molar refractivity (Wildman–Crippen MR) is 71.5 cm³/mol. The van der Waals surface area contributed by atoms with Gasteiger partial charge in [0.05, 0.1) is 12.7 Å². The molecule has 1 saturated carbocycles. The molecule has 0 bridgehead atoms. The van der Waals surface area contributed by atoms with Crippen molar-refractivity contribution in [1.29, 1.82) is 0 Å². The molecule has 1 rings (SSSR count). The molecule has 0 aromatic heterocycles. The highest BCUT2D eigenvalue weighted by atomic mass is 19.1. The lowest BCUT2D eigenvalue weighted by atomic mass is 9.79. The van der Waals surface area contributed by atoms with Gasteiger partial charge in [-0.25, -0.2) is 4.39 Å². The zero-order chi connectivity index (χ0) is 13.4. The van der Waals surface area contributed by atoms with Crippen LogP contribution >= 0.6 is 0 Å². The van der Waals surface area contributed by atoms with Crippen molar-refractivity contribution in [3.8, 4) is 0 Å². The van der Waals surface area contributed by atoms with E-state index in [4.69, 9.17) is 4.74 Å². The highest BCUT2D eigenvalue weighted by molar-refractivity contribution is 4.86. The van der Waals surface area contributed by atoms with E-state index in [9.17, 15) is 9.50 Å². The minimum atomic E-state index is -0.324. The molecule has 108 valence electrons. The van der Waals surface area contributed by atoms with Crippen molar-refractivity contribution in [3.63, 3.8) is 0 Å². The van der Waals surface area contributed by atoms with E-state index >= 15 is 0 Å². The summed E-state index contributed by atoms with van der Waals surface area (Å²) in [4.78, 5) is 2.17. The van der Waals surface area contributed by atoms with Crippen molar-refractivity contribution >= 4 is 0 Å². The predicted octanol–water partition coefficient (Wildman–Crippen LogP) is 2.23. The van der Waals surface area contributed by atoms with Gasteiger partial charge in [0.1, 0.15) is 6.67 Å². The van der Waals surface area contributed by atoms with Crippen LogP contribution in [0.5, 0.6) is 0 Å². The first-order chi connectivity index (χ1) is 8.72. The fourth-order valence-corrected chi connectivity index (χ4v) is 3.10. The SMILES string of the molecule is CCCC1CCC(O)CC1N(CCF)CCOC. The lowest BCUT2D eigenvalue weighted by Gasteiger charge is -2.41. The Labute approximate surface area is 110 Å². The Morgan fingerprint density at radius 2 is 2.11 bits per heavy atom. The van der Waals surface area contributed by atoms with E-state index < -0.39 is 0 Å². The minimum absolute atomic E-state index is 0.215. The van der Waals surface area contributed by atoms with Gasteiger partial charge < -0.3 is 9.84 Å². The largest absolute Gasteiger partial charge is 0.393 e. The third-order valence-corrected chi connectivity index (χ3v) is 4.01. The van der Waals surface area contributed by atoms with Gasteiger partial charge in [0.2, 0.25) is 0 Å². The summed E-state index contributed by atoms with van der Waals surface area (Å²) in [5, 5.41) is 9.86. The molecule has 0 aliphatic heterocycles. The standard InChI is InChI=1S/C14H28FNO2/c1-3-4-12-5-6-13(17)11-14(12)16(8-7-15)9-10-18-2/h12-14,17H,3-11H2,1-2H3. The molecule has 0 heterocycles. The maximum Gasteiger partial charge on any atom is 0.102 e. The van der Waals surface area contributed by atoms with E-state index in [1.165, 1.54) is 6.42 Å². The van der Waals surface area contributed by atoms with Crippen molar-refractivity contribution in [2.45, 2.75) is 51.2 Å². The van der Waals surface area contributed by atoms with Gasteiger partial charge >= 0.3 is 0 Å². The van der Waals surface area contributed by atoms with Gasteiger partial charge in [0.15, 0.2) is 0 Å². The first kappa shape index (κ1) is 15.9. The molecular formula is C14H28FNO2. The van der Waals surface area contributed by atoms with Gasteiger partial charge in [-0.3, -0.25) is 4.90 Å². The number of methoxy groups -OCH3 is 1. The molecule has 18 heavy (non-hydrogen) atoms. The first-order valence-corrected chi connectivity index (χ1v) is 7.19. The quantitative estimate of drug-likeness (QED) is 0.727. The second-order valence-corrected chi connectivity index (χ2v) is 5.30. The van der Waals surface area contributed by atoms with Crippen LogP contribution in [-0.2, 0) is 4.74 Å². The van der Waals surface area contributed by atoms with Crippen LogP contribution in [0.1, 0.15) is 39.0 Å². The van der Waals surface area contributed by atoms with Crippen LogP contribution in [0, 0.1) is 5.92 Å². The number of hydrogen-bond donors (Lipinski definition) is 1. The molecule has 0 radical (unpaired) electrons. The zero-order valence-corrected chi connectivity index (χ0v) is 11.8. The molecular weight excluding hydrogens is 233 g/mol. The van der Waals surface area contributed by atoms with E-state index in [2.05, 4.69) is 11.8 Å². The second-order valence-electron chi connectivity index (χ2n) is 5.30. The normalized spacial score (nSPS) is 28.8. The average molecular weight is 261 g/mol. The van der Waals surface area contributed by atoms with Gasteiger partial charge in [-0.1, -0.05) is 13.3 Å². The zero-order valence-electron chi connectivity index (χ0n) is 11.8. The third kappa shape index (κ3) is 4.82. The lowest BCUT2D eigenvalue weighted by Crippen LogP contribution is -2.47. The Morgan fingerprint density at radius 3 is 2.72 bits per heavy atom. The van der Waals surface area contributed by atoms with Crippen LogP contribution in [0.2, 0.25) is 0 Å². The topological polar surface area (TPSA) is 32.7 Å². The maximum absolute atomic E-state index is 12.7. The number of ether oxygens (including phenoxy) is 1. The fraction of sp³-hybridized carbons (Fsp3) is 1.00. The summed E-state index contributed by atoms with van der Waals surface area (Å²) in [7, 11) is 1.67. The first-order valence-electron chi connectivity index (χ1n) is 7.19. The number of aliphatic hydroxyl groups excluding tert-OH is 1. The highest BCUT2D eigenvalue weighted by Gasteiger charge is 2.32. The van der Waals surface area contributed by atoms with Crippen LogP contribution < -0.4 is 0 Å². The molecule has 0 aromatic carbocycles. The Bertz CT molecular complexity index is 216. The summed E-state index contributed by atoms with van der Waals surface area (Å²) in [5.41, 5.74) is 0. The Balaban J connectivity index is 2.62. The number of rotatable bonds is 8. The molecule has 3 unspecified atom stereocenters. The summed E-state index contributed by atoms with van der Waals surface area (Å²) in [6.45, 7) is 3.72. The van der Waals surface area contributed by atoms with Crippen LogP contribution in [0.25, 0.3) is 0 Å². The highest BCUT2D eigenvalue weighted by Crippen LogP contribution is 2.31. The molecule has 3 atom stereocenters. The Kier molecular flexibility index (Phi) is 7.79. The van der Waals surface area contributed by atoms with Gasteiger partial charge in [0, 0.05) is 26.2 Å². The van der Waals surface area contributed by atoms with Crippen LogP contribution in [-0.4, -0.2) is 55.6 Å². The number of hydrogen-bond acceptors (Lipinski definition) is 3. The molecule has 1 N–H and O–H groups in total. The van der Waals surface area contributed by atoms with E-state index in [-0.39, 0.29) is 12.8 Å². The van der Waals surface area contributed by atoms with Gasteiger partial charge in [-0.15, -0.1) is 0 Å². The molecule has 0 saturated heterocycles. The van der Waals surface area contributed by atoms with Crippen molar-refractivity contribution in [1.82, 2.24) is 4.90 Å². The Morgan fingerprint density at radius 1 is 1.33 bits per heavy atom. The summed E-state index contributed by atoms with van der Waals surface area (Å²) in [5.74, 6) is 0.599. The summed E-state index contributed by atoms with van der Waals surface area (Å²) in [6, 6.07) is 0.319. The minimum Gasteiger partial charge on any atom is -0.393 e. The van der Waals surface area contributed by atoms with Gasteiger partial charge in [0.25, 0.3) is 0 Å². The third-order valence-electron chi connectivity index (χ3n) is 4.01. The molecule has 0 aromatic rings. The Hall–Kier alpha value is -0.190. The van der Waals surface area contributed by atoms with E-state index in [0.717, 1.165) is 32.2 Å². The summed E-state index contributed by atoms with van der Waals surface area (Å²) in [6.07, 6.45) is 4.87. The average Bonchev–Trinajstić information content (AvgIpc) is 2.37. The molecule has 1 aliphatic carbocycles. The molecule has 0 spiro atoms. The molecule has 4 heteroatoms. The summed E-state index contributed by atoms with van der Waals surface area (Å²) >= 11 is 0.